The second kappa shape index (κ2) is 8.07. The number of aryl methyl sites for hydroxylation is 1. The molecule has 156 valence electrons. The molecule has 0 aliphatic carbocycles. The second-order valence-electron chi connectivity index (χ2n) is 7.48. The molecule has 0 amide bonds. The van der Waals surface area contributed by atoms with Crippen LogP contribution in [-0.2, 0) is 0 Å². The van der Waals surface area contributed by atoms with E-state index in [-0.39, 0.29) is 11.6 Å². The van der Waals surface area contributed by atoms with Gasteiger partial charge < -0.3 is 15.2 Å². The number of aromatic nitrogens is 1. The molecule has 0 fully saturated rings. The summed E-state index contributed by atoms with van der Waals surface area (Å²) in [7, 11) is 0. The fourth-order valence-corrected chi connectivity index (χ4v) is 3.65. The monoisotopic (exact) mass is 416 g/mol. The lowest BCUT2D eigenvalue weighted by Gasteiger charge is -2.26. The van der Waals surface area contributed by atoms with Crippen molar-refractivity contribution in [1.29, 1.82) is 0 Å². The number of rotatable bonds is 5. The van der Waals surface area contributed by atoms with Gasteiger partial charge in [0.2, 0.25) is 0 Å². The van der Waals surface area contributed by atoms with Gasteiger partial charge in [0.05, 0.1) is 17.8 Å². The number of carbonyl (C=O) groups is 1. The van der Waals surface area contributed by atoms with Crippen LogP contribution in [0.25, 0.3) is 11.3 Å². The van der Waals surface area contributed by atoms with E-state index in [1.165, 1.54) is 12.3 Å². The summed E-state index contributed by atoms with van der Waals surface area (Å²) in [5, 5.41) is 12.8. The SMILES string of the molecule is C=C1C=C(c2cncc(F)c2)Oc2c1cc(C)cc2C(C)Nc1ccccc1C(=O)O. The number of hydrogen-bond donors (Lipinski definition) is 2. The zero-order chi connectivity index (χ0) is 22.1. The predicted octanol–water partition coefficient (Wildman–Crippen LogP) is 5.85. The molecule has 0 radical (unpaired) electrons. The largest absolute Gasteiger partial charge is 0.478 e. The Morgan fingerprint density at radius 2 is 2.00 bits per heavy atom. The quantitative estimate of drug-likeness (QED) is 0.546. The van der Waals surface area contributed by atoms with Gasteiger partial charge >= 0.3 is 5.97 Å². The minimum atomic E-state index is -1.00. The second-order valence-corrected chi connectivity index (χ2v) is 7.48. The van der Waals surface area contributed by atoms with Gasteiger partial charge in [-0.3, -0.25) is 4.98 Å². The van der Waals surface area contributed by atoms with E-state index >= 15 is 0 Å². The molecule has 2 aromatic carbocycles. The van der Waals surface area contributed by atoms with Crippen molar-refractivity contribution >= 4 is 23.0 Å². The van der Waals surface area contributed by atoms with Crippen LogP contribution in [0.2, 0.25) is 0 Å². The first-order valence-electron chi connectivity index (χ1n) is 9.76. The van der Waals surface area contributed by atoms with E-state index in [9.17, 15) is 14.3 Å². The number of aromatic carboxylic acids is 1. The Bertz CT molecular complexity index is 1230. The molecule has 0 bridgehead atoms. The van der Waals surface area contributed by atoms with E-state index in [1.54, 1.807) is 30.3 Å². The number of nitrogens with one attached hydrogen (secondary N) is 1. The number of allylic oxidation sites excluding steroid dienone is 2. The highest BCUT2D eigenvalue weighted by Gasteiger charge is 2.24. The summed E-state index contributed by atoms with van der Waals surface area (Å²) in [6.07, 6.45) is 4.43. The first kappa shape index (κ1) is 20.3. The minimum Gasteiger partial charge on any atom is -0.478 e. The number of ether oxygens (including phenoxy) is 1. The summed E-state index contributed by atoms with van der Waals surface area (Å²) >= 11 is 0. The van der Waals surface area contributed by atoms with E-state index in [0.717, 1.165) is 28.5 Å². The van der Waals surface area contributed by atoms with Crippen LogP contribution in [0.15, 0.2) is 67.5 Å². The molecule has 1 aromatic heterocycles. The molecular formula is C25H21FN2O3. The molecule has 0 saturated heterocycles. The Morgan fingerprint density at radius 1 is 1.23 bits per heavy atom. The number of hydrogen-bond acceptors (Lipinski definition) is 4. The summed E-state index contributed by atoms with van der Waals surface area (Å²) in [5.74, 6) is -0.407. The van der Waals surface area contributed by atoms with Gasteiger partial charge in [-0.25, -0.2) is 9.18 Å². The van der Waals surface area contributed by atoms with Crippen molar-refractivity contribution < 1.29 is 19.0 Å². The number of carboxylic acid groups (broad SMARTS) is 1. The topological polar surface area (TPSA) is 71.5 Å². The summed E-state index contributed by atoms with van der Waals surface area (Å²) in [6.45, 7) is 8.06. The summed E-state index contributed by atoms with van der Waals surface area (Å²) in [5.41, 5.74) is 4.64. The van der Waals surface area contributed by atoms with Crippen molar-refractivity contribution in [1.82, 2.24) is 4.98 Å². The lowest BCUT2D eigenvalue weighted by atomic mass is 9.93. The standard InChI is InChI=1S/C25H21FN2O3/c1-14-8-20-15(2)10-23(17-11-18(26)13-27-12-17)31-24(20)21(9-14)16(3)28-22-7-5-4-6-19(22)25(29)30/h4-13,16,28H,2H2,1,3H3,(H,29,30). The lowest BCUT2D eigenvalue weighted by molar-refractivity contribution is 0.0698. The van der Waals surface area contributed by atoms with Crippen molar-refractivity contribution in [3.05, 3.63) is 101 Å². The summed E-state index contributed by atoms with van der Waals surface area (Å²) in [6, 6.07) is 11.8. The van der Waals surface area contributed by atoms with E-state index in [1.807, 2.05) is 26.0 Å². The Kier molecular flexibility index (Phi) is 5.29. The molecule has 4 rings (SSSR count). The minimum absolute atomic E-state index is 0.188. The third-order valence-electron chi connectivity index (χ3n) is 5.11. The molecule has 1 aliphatic heterocycles. The molecule has 5 nitrogen and oxygen atoms in total. The zero-order valence-electron chi connectivity index (χ0n) is 17.1. The smallest absolute Gasteiger partial charge is 0.337 e. The van der Waals surface area contributed by atoms with E-state index < -0.39 is 11.8 Å². The molecule has 6 heteroatoms. The Balaban J connectivity index is 1.74. The van der Waals surface area contributed by atoms with Gasteiger partial charge in [-0.15, -0.1) is 0 Å². The number of carboxylic acids is 1. The van der Waals surface area contributed by atoms with Gasteiger partial charge in [-0.1, -0.05) is 24.8 Å². The number of fused-ring (bicyclic) bond motifs is 1. The average molecular weight is 416 g/mol. The van der Waals surface area contributed by atoms with Crippen molar-refractivity contribution in [3.63, 3.8) is 0 Å². The normalized spacial score (nSPS) is 13.6. The maximum atomic E-state index is 13.7. The Hall–Kier alpha value is -3.93. The van der Waals surface area contributed by atoms with Crippen LogP contribution in [0, 0.1) is 12.7 Å². The highest BCUT2D eigenvalue weighted by molar-refractivity contribution is 5.94. The van der Waals surface area contributed by atoms with Gasteiger partial charge in [-0.05, 0) is 55.3 Å². The molecule has 0 spiro atoms. The molecule has 2 N–H and O–H groups in total. The van der Waals surface area contributed by atoms with E-state index in [2.05, 4.69) is 16.9 Å². The van der Waals surface area contributed by atoms with Crippen LogP contribution in [0.4, 0.5) is 10.1 Å². The first-order chi connectivity index (χ1) is 14.8. The van der Waals surface area contributed by atoms with Crippen LogP contribution in [0.1, 0.15) is 45.6 Å². The molecule has 31 heavy (non-hydrogen) atoms. The van der Waals surface area contributed by atoms with Gasteiger partial charge in [-0.2, -0.15) is 0 Å². The van der Waals surface area contributed by atoms with Gasteiger partial charge in [0.25, 0.3) is 0 Å². The van der Waals surface area contributed by atoms with Gasteiger partial charge in [0.15, 0.2) is 0 Å². The highest BCUT2D eigenvalue weighted by atomic mass is 19.1. The van der Waals surface area contributed by atoms with Gasteiger partial charge in [0, 0.05) is 28.6 Å². The number of pyridine rings is 1. The van der Waals surface area contributed by atoms with Crippen LogP contribution in [-0.4, -0.2) is 16.1 Å². The molecule has 1 unspecified atom stereocenters. The van der Waals surface area contributed by atoms with Crippen LogP contribution >= 0.6 is 0 Å². The summed E-state index contributed by atoms with van der Waals surface area (Å²) < 4.78 is 19.9. The zero-order valence-corrected chi connectivity index (χ0v) is 17.1. The molecule has 0 saturated carbocycles. The highest BCUT2D eigenvalue weighted by Crippen LogP contribution is 2.42. The average Bonchev–Trinajstić information content (AvgIpc) is 2.74. The fraction of sp³-hybridized carbons (Fsp3) is 0.120. The predicted molar refractivity (Wildman–Crippen MR) is 118 cm³/mol. The van der Waals surface area contributed by atoms with Crippen molar-refractivity contribution in [2.75, 3.05) is 5.32 Å². The molecule has 1 atom stereocenters. The Morgan fingerprint density at radius 3 is 2.74 bits per heavy atom. The molecule has 2 heterocycles. The number of para-hydroxylation sites is 1. The van der Waals surface area contributed by atoms with E-state index in [4.69, 9.17) is 4.74 Å². The third-order valence-corrected chi connectivity index (χ3v) is 5.11. The van der Waals surface area contributed by atoms with Crippen molar-refractivity contribution in [2.45, 2.75) is 19.9 Å². The summed E-state index contributed by atoms with van der Waals surface area (Å²) in [4.78, 5) is 15.5. The maximum Gasteiger partial charge on any atom is 0.337 e. The van der Waals surface area contributed by atoms with Gasteiger partial charge in [0.1, 0.15) is 17.3 Å². The fourth-order valence-electron chi connectivity index (χ4n) is 3.65. The van der Waals surface area contributed by atoms with Crippen LogP contribution in [0.5, 0.6) is 5.75 Å². The maximum absolute atomic E-state index is 13.7. The number of nitrogens with zero attached hydrogens (tertiary/aromatic N) is 1. The molecular weight excluding hydrogens is 395 g/mol. The van der Waals surface area contributed by atoms with Crippen molar-refractivity contribution in [2.24, 2.45) is 0 Å². The lowest BCUT2D eigenvalue weighted by Crippen LogP contribution is -2.14. The number of benzene rings is 2. The third kappa shape index (κ3) is 4.05. The number of halogens is 1. The van der Waals surface area contributed by atoms with Crippen LogP contribution in [0.3, 0.4) is 0 Å². The number of anilines is 1. The Labute approximate surface area is 179 Å². The molecule has 1 aliphatic rings. The van der Waals surface area contributed by atoms with Crippen molar-refractivity contribution in [3.8, 4) is 5.75 Å². The van der Waals surface area contributed by atoms with E-state index in [0.29, 0.717) is 22.8 Å². The van der Waals surface area contributed by atoms with Crippen LogP contribution < -0.4 is 10.1 Å². The first-order valence-corrected chi connectivity index (χ1v) is 9.76. The molecule has 3 aromatic rings.